The molecular weight excluding hydrogens is 280 g/mol. The molecule has 0 aromatic carbocycles. The first-order chi connectivity index (χ1) is 9.74. The summed E-state index contributed by atoms with van der Waals surface area (Å²) in [5.41, 5.74) is 0.450. The number of carbonyl (C=O) groups excluding carboxylic acids is 1. The van der Waals surface area contributed by atoms with Gasteiger partial charge in [0.05, 0.1) is 11.7 Å². The number of hydrogen-bond donors (Lipinski definition) is 1. The molecule has 3 heterocycles. The van der Waals surface area contributed by atoms with Crippen molar-refractivity contribution in [2.75, 3.05) is 0 Å². The van der Waals surface area contributed by atoms with Gasteiger partial charge in [-0.3, -0.25) is 9.78 Å². The predicted octanol–water partition coefficient (Wildman–Crippen LogP) is 1.13. The Morgan fingerprint density at radius 1 is 1.40 bits per heavy atom. The predicted molar refractivity (Wildman–Crippen MR) is 71.4 cm³/mol. The van der Waals surface area contributed by atoms with Crippen LogP contribution in [0.5, 0.6) is 0 Å². The molecule has 0 saturated heterocycles. The van der Waals surface area contributed by atoms with E-state index in [9.17, 15) is 9.59 Å². The fourth-order valence-electron chi connectivity index (χ4n) is 1.60. The zero-order valence-electron chi connectivity index (χ0n) is 10.1. The number of nitrogens with zero attached hydrogens (tertiary/aromatic N) is 3. The second kappa shape index (κ2) is 5.17. The van der Waals surface area contributed by atoms with E-state index < -0.39 is 5.97 Å². The van der Waals surface area contributed by atoms with Crippen LogP contribution in [-0.2, 0) is 11.3 Å². The van der Waals surface area contributed by atoms with Crippen molar-refractivity contribution in [2.24, 2.45) is 0 Å². The van der Waals surface area contributed by atoms with Crippen LogP contribution in [0.2, 0.25) is 0 Å². The van der Waals surface area contributed by atoms with Crippen LogP contribution in [-0.4, -0.2) is 25.9 Å². The molecule has 0 aliphatic heterocycles. The third-order valence-corrected chi connectivity index (χ3v) is 3.38. The van der Waals surface area contributed by atoms with Crippen LogP contribution in [0.4, 0.5) is 0 Å². The normalized spacial score (nSPS) is 10.6. The van der Waals surface area contributed by atoms with E-state index in [-0.39, 0.29) is 23.7 Å². The van der Waals surface area contributed by atoms with Crippen LogP contribution in [0.1, 0.15) is 16.3 Å². The minimum absolute atomic E-state index is 0.103. The fourth-order valence-corrected chi connectivity index (χ4v) is 2.33. The maximum absolute atomic E-state index is 11.7. The summed E-state index contributed by atoms with van der Waals surface area (Å²) < 4.78 is 5.57. The second-order valence-corrected chi connectivity index (χ2v) is 4.73. The third-order valence-electron chi connectivity index (χ3n) is 2.48. The van der Waals surface area contributed by atoms with E-state index in [1.807, 2.05) is 0 Å². The van der Waals surface area contributed by atoms with Crippen LogP contribution in [0.15, 0.2) is 34.8 Å². The first kappa shape index (κ1) is 12.4. The van der Waals surface area contributed by atoms with Gasteiger partial charge in [-0.15, -0.1) is 11.3 Å². The number of aromatic nitrogens is 4. The van der Waals surface area contributed by atoms with Gasteiger partial charge in [-0.05, 0) is 11.4 Å². The number of hydrogen-bond acceptors (Lipinski definition) is 7. The van der Waals surface area contributed by atoms with E-state index in [2.05, 4.69) is 19.9 Å². The lowest BCUT2D eigenvalue weighted by Crippen LogP contribution is -2.14. The number of rotatable bonds is 3. The Labute approximate surface area is 116 Å². The average Bonchev–Trinajstić information content (AvgIpc) is 2.94. The number of fused-ring (bicyclic) bond motifs is 1. The van der Waals surface area contributed by atoms with Gasteiger partial charge < -0.3 is 9.72 Å². The zero-order valence-corrected chi connectivity index (χ0v) is 10.9. The van der Waals surface area contributed by atoms with E-state index >= 15 is 0 Å². The fraction of sp³-hybridized carbons (Fsp3) is 0.0833. The van der Waals surface area contributed by atoms with Crippen molar-refractivity contribution in [2.45, 2.75) is 6.61 Å². The molecular formula is C12H8N4O3S. The molecule has 3 rings (SSSR count). The molecule has 0 unspecified atom stereocenters. The Bertz CT molecular complexity index is 812. The van der Waals surface area contributed by atoms with Crippen molar-refractivity contribution in [3.8, 4) is 0 Å². The number of thiophene rings is 1. The number of H-pyrrole nitrogens is 1. The van der Waals surface area contributed by atoms with Crippen molar-refractivity contribution in [3.63, 3.8) is 0 Å². The van der Waals surface area contributed by atoms with Crippen molar-refractivity contribution in [3.05, 3.63) is 51.9 Å². The minimum Gasteiger partial charge on any atom is -0.453 e. The van der Waals surface area contributed by atoms with E-state index in [4.69, 9.17) is 4.74 Å². The van der Waals surface area contributed by atoms with E-state index in [1.54, 1.807) is 11.4 Å². The van der Waals surface area contributed by atoms with Crippen LogP contribution >= 0.6 is 11.3 Å². The van der Waals surface area contributed by atoms with Crippen molar-refractivity contribution < 1.29 is 9.53 Å². The molecule has 3 aromatic rings. The third kappa shape index (κ3) is 2.41. The van der Waals surface area contributed by atoms with Gasteiger partial charge in [-0.2, -0.15) is 0 Å². The Balaban J connectivity index is 1.77. The summed E-state index contributed by atoms with van der Waals surface area (Å²) in [6.45, 7) is -0.129. The lowest BCUT2D eigenvalue weighted by molar-refractivity contribution is 0.0455. The smallest absolute Gasteiger partial charge is 0.358 e. The maximum Gasteiger partial charge on any atom is 0.358 e. The summed E-state index contributed by atoms with van der Waals surface area (Å²) in [6, 6.07) is 1.74. The van der Waals surface area contributed by atoms with Gasteiger partial charge in [0.2, 0.25) is 0 Å². The molecule has 1 N–H and O–H groups in total. The lowest BCUT2D eigenvalue weighted by Gasteiger charge is -2.03. The number of carbonyl (C=O) groups is 1. The van der Waals surface area contributed by atoms with Crippen LogP contribution in [0.3, 0.4) is 0 Å². The van der Waals surface area contributed by atoms with Gasteiger partial charge in [0, 0.05) is 12.4 Å². The highest BCUT2D eigenvalue weighted by Crippen LogP contribution is 2.13. The first-order valence-electron chi connectivity index (χ1n) is 5.63. The standard InChI is InChI=1S/C12H8N4O3S/c17-11-10-7(1-4-20-10)15-9(16-11)6-19-12(18)8-5-13-2-3-14-8/h1-5H,6H2,(H,15,16,17). The summed E-state index contributed by atoms with van der Waals surface area (Å²) in [7, 11) is 0. The summed E-state index contributed by atoms with van der Waals surface area (Å²) in [6.07, 6.45) is 4.16. The Hall–Kier alpha value is -2.61. The van der Waals surface area contributed by atoms with Crippen LogP contribution < -0.4 is 5.56 Å². The SMILES string of the molecule is O=C(OCc1nc2ccsc2c(=O)[nH]1)c1cnccn1. The molecule has 100 valence electrons. The highest BCUT2D eigenvalue weighted by atomic mass is 32.1. The van der Waals surface area contributed by atoms with Crippen LogP contribution in [0.25, 0.3) is 10.2 Å². The van der Waals surface area contributed by atoms with Crippen molar-refractivity contribution in [1.82, 2.24) is 19.9 Å². The number of nitrogens with one attached hydrogen (secondary N) is 1. The van der Waals surface area contributed by atoms with Gasteiger partial charge in [-0.1, -0.05) is 0 Å². The molecule has 0 amide bonds. The van der Waals surface area contributed by atoms with Gasteiger partial charge in [-0.25, -0.2) is 14.8 Å². The molecule has 0 aliphatic carbocycles. The van der Waals surface area contributed by atoms with Gasteiger partial charge in [0.15, 0.2) is 5.69 Å². The molecule has 0 fully saturated rings. The largest absolute Gasteiger partial charge is 0.453 e. The lowest BCUT2D eigenvalue weighted by atomic mass is 10.4. The minimum atomic E-state index is -0.619. The van der Waals surface area contributed by atoms with Crippen LogP contribution in [0, 0.1) is 0 Å². The first-order valence-corrected chi connectivity index (χ1v) is 6.51. The highest BCUT2D eigenvalue weighted by Gasteiger charge is 2.11. The topological polar surface area (TPSA) is 97.8 Å². The number of esters is 1. The number of ether oxygens (including phenoxy) is 1. The monoisotopic (exact) mass is 288 g/mol. The number of aromatic amines is 1. The summed E-state index contributed by atoms with van der Waals surface area (Å²) in [4.78, 5) is 37.8. The summed E-state index contributed by atoms with van der Waals surface area (Å²) in [5.74, 6) is -0.329. The molecule has 0 bridgehead atoms. The molecule has 8 heteroatoms. The molecule has 0 spiro atoms. The molecule has 0 radical (unpaired) electrons. The Morgan fingerprint density at radius 2 is 2.30 bits per heavy atom. The summed E-state index contributed by atoms with van der Waals surface area (Å²) in [5, 5.41) is 1.78. The summed E-state index contributed by atoms with van der Waals surface area (Å²) >= 11 is 1.31. The van der Waals surface area contributed by atoms with E-state index in [0.717, 1.165) is 0 Å². The Kier molecular flexibility index (Phi) is 3.21. The Morgan fingerprint density at radius 3 is 3.10 bits per heavy atom. The second-order valence-electron chi connectivity index (χ2n) is 3.81. The quantitative estimate of drug-likeness (QED) is 0.725. The molecule has 0 atom stereocenters. The molecule has 3 aromatic heterocycles. The van der Waals surface area contributed by atoms with E-state index in [0.29, 0.717) is 10.2 Å². The van der Waals surface area contributed by atoms with Gasteiger partial charge in [0.25, 0.3) is 5.56 Å². The average molecular weight is 288 g/mol. The maximum atomic E-state index is 11.7. The van der Waals surface area contributed by atoms with Gasteiger partial charge >= 0.3 is 5.97 Å². The van der Waals surface area contributed by atoms with Crippen molar-refractivity contribution >= 4 is 27.5 Å². The molecule has 0 saturated carbocycles. The zero-order chi connectivity index (χ0) is 13.9. The molecule has 0 aliphatic rings. The molecule has 20 heavy (non-hydrogen) atoms. The van der Waals surface area contributed by atoms with Gasteiger partial charge in [0.1, 0.15) is 17.1 Å². The van der Waals surface area contributed by atoms with Crippen molar-refractivity contribution in [1.29, 1.82) is 0 Å². The molecule has 7 nitrogen and oxygen atoms in total. The highest BCUT2D eigenvalue weighted by molar-refractivity contribution is 7.17. The van der Waals surface area contributed by atoms with E-state index in [1.165, 1.54) is 29.9 Å².